The normalized spacial score (nSPS) is 18.4. The van der Waals surface area contributed by atoms with Crippen molar-refractivity contribution < 1.29 is 14.5 Å². The molecule has 1 amide bonds. The van der Waals surface area contributed by atoms with E-state index in [9.17, 15) is 14.9 Å². The number of nitrogens with zero attached hydrogens (tertiary/aromatic N) is 2. The molecular formula is C13H17N3O4. The predicted octanol–water partition coefficient (Wildman–Crippen LogP) is 1.32. The van der Waals surface area contributed by atoms with Crippen LogP contribution in [0, 0.1) is 10.1 Å². The van der Waals surface area contributed by atoms with Crippen molar-refractivity contribution in [3.63, 3.8) is 0 Å². The maximum atomic E-state index is 12.3. The van der Waals surface area contributed by atoms with Gasteiger partial charge in [-0.25, -0.2) is 0 Å². The highest BCUT2D eigenvalue weighted by molar-refractivity contribution is 6.00. The minimum Gasteiger partial charge on any atom is -0.494 e. The molecule has 0 saturated carbocycles. The standard InChI is InChI=1S/C13H17N3O4/c1-3-14-10-6-7-15(13(10)17)11-5-4-9(16(18)19)8-12(11)20-2/h4-5,8,10,14H,3,6-7H2,1-2H3. The van der Waals surface area contributed by atoms with E-state index in [1.165, 1.54) is 19.2 Å². The monoisotopic (exact) mass is 279 g/mol. The molecule has 1 aromatic rings. The van der Waals surface area contributed by atoms with Crippen molar-refractivity contribution in [3.8, 4) is 5.75 Å². The maximum absolute atomic E-state index is 12.3. The third-order valence-electron chi connectivity index (χ3n) is 3.32. The van der Waals surface area contributed by atoms with Crippen molar-refractivity contribution >= 4 is 17.3 Å². The maximum Gasteiger partial charge on any atom is 0.273 e. The van der Waals surface area contributed by atoms with E-state index in [2.05, 4.69) is 5.32 Å². The molecule has 1 saturated heterocycles. The number of benzene rings is 1. The second-order valence-electron chi connectivity index (χ2n) is 4.50. The number of nitro benzene ring substituents is 1. The predicted molar refractivity (Wildman–Crippen MR) is 74.1 cm³/mol. The molecule has 1 atom stereocenters. The lowest BCUT2D eigenvalue weighted by Crippen LogP contribution is -2.38. The van der Waals surface area contributed by atoms with E-state index in [-0.39, 0.29) is 17.6 Å². The number of rotatable bonds is 5. The summed E-state index contributed by atoms with van der Waals surface area (Å²) >= 11 is 0. The van der Waals surface area contributed by atoms with E-state index in [0.717, 1.165) is 6.54 Å². The van der Waals surface area contributed by atoms with Crippen molar-refractivity contribution in [2.45, 2.75) is 19.4 Å². The van der Waals surface area contributed by atoms with Gasteiger partial charge in [-0.3, -0.25) is 14.9 Å². The fourth-order valence-electron chi connectivity index (χ4n) is 2.36. The zero-order valence-corrected chi connectivity index (χ0v) is 11.5. The number of nitro groups is 1. The van der Waals surface area contributed by atoms with Gasteiger partial charge in [-0.15, -0.1) is 0 Å². The van der Waals surface area contributed by atoms with Crippen molar-refractivity contribution in [3.05, 3.63) is 28.3 Å². The van der Waals surface area contributed by atoms with Crippen LogP contribution in [0.2, 0.25) is 0 Å². The first kappa shape index (κ1) is 14.3. The molecule has 0 aliphatic carbocycles. The van der Waals surface area contributed by atoms with Crippen LogP contribution in [0.3, 0.4) is 0 Å². The highest BCUT2D eigenvalue weighted by atomic mass is 16.6. The molecule has 2 rings (SSSR count). The van der Waals surface area contributed by atoms with E-state index in [4.69, 9.17) is 4.74 Å². The van der Waals surface area contributed by atoms with Crippen LogP contribution in [0.15, 0.2) is 18.2 Å². The fourth-order valence-corrected chi connectivity index (χ4v) is 2.36. The van der Waals surface area contributed by atoms with E-state index in [1.807, 2.05) is 6.92 Å². The number of amides is 1. The SMILES string of the molecule is CCNC1CCN(c2ccc([N+](=O)[O-])cc2OC)C1=O. The number of methoxy groups -OCH3 is 1. The first-order chi connectivity index (χ1) is 9.58. The smallest absolute Gasteiger partial charge is 0.273 e. The van der Waals surface area contributed by atoms with Gasteiger partial charge in [0.05, 0.1) is 29.8 Å². The average Bonchev–Trinajstić information content (AvgIpc) is 2.80. The summed E-state index contributed by atoms with van der Waals surface area (Å²) in [4.78, 5) is 24.1. The molecule has 108 valence electrons. The summed E-state index contributed by atoms with van der Waals surface area (Å²) in [6, 6.07) is 4.08. The molecule has 0 aromatic heterocycles. The number of nitrogens with one attached hydrogen (secondary N) is 1. The first-order valence-corrected chi connectivity index (χ1v) is 6.45. The number of anilines is 1. The van der Waals surface area contributed by atoms with Gasteiger partial charge in [0.15, 0.2) is 0 Å². The van der Waals surface area contributed by atoms with Crippen LogP contribution in [0.25, 0.3) is 0 Å². The number of likely N-dealkylation sites (N-methyl/N-ethyl adjacent to an activating group) is 1. The minimum atomic E-state index is -0.487. The molecule has 0 radical (unpaired) electrons. The van der Waals surface area contributed by atoms with Crippen LogP contribution in [0.4, 0.5) is 11.4 Å². The van der Waals surface area contributed by atoms with Crippen molar-refractivity contribution in [2.75, 3.05) is 25.1 Å². The summed E-state index contributed by atoms with van der Waals surface area (Å²) in [6.45, 7) is 3.24. The summed E-state index contributed by atoms with van der Waals surface area (Å²) in [5.41, 5.74) is 0.518. The van der Waals surface area contributed by atoms with Crippen molar-refractivity contribution in [1.29, 1.82) is 0 Å². The Hall–Kier alpha value is -2.15. The van der Waals surface area contributed by atoms with Gasteiger partial charge in [-0.05, 0) is 19.0 Å². The molecule has 1 aliphatic rings. The van der Waals surface area contributed by atoms with E-state index in [0.29, 0.717) is 24.4 Å². The third kappa shape index (κ3) is 2.57. The van der Waals surface area contributed by atoms with Gasteiger partial charge in [0.1, 0.15) is 5.75 Å². The first-order valence-electron chi connectivity index (χ1n) is 6.45. The molecule has 7 nitrogen and oxygen atoms in total. The Balaban J connectivity index is 2.29. The Morgan fingerprint density at radius 1 is 1.55 bits per heavy atom. The topological polar surface area (TPSA) is 84.7 Å². The molecule has 20 heavy (non-hydrogen) atoms. The summed E-state index contributed by atoms with van der Waals surface area (Å²) in [5.74, 6) is 0.309. The molecule has 1 aromatic carbocycles. The van der Waals surface area contributed by atoms with Gasteiger partial charge in [-0.2, -0.15) is 0 Å². The molecule has 1 N–H and O–H groups in total. The number of carbonyl (C=O) groups is 1. The lowest BCUT2D eigenvalue weighted by molar-refractivity contribution is -0.384. The molecular weight excluding hydrogens is 262 g/mol. The van der Waals surface area contributed by atoms with E-state index in [1.54, 1.807) is 11.0 Å². The zero-order valence-electron chi connectivity index (χ0n) is 11.5. The Bertz CT molecular complexity index is 532. The van der Waals surface area contributed by atoms with Crippen LogP contribution >= 0.6 is 0 Å². The summed E-state index contributed by atoms with van der Waals surface area (Å²) in [5, 5.41) is 13.9. The Morgan fingerprint density at radius 2 is 2.30 bits per heavy atom. The second kappa shape index (κ2) is 5.87. The molecule has 0 bridgehead atoms. The van der Waals surface area contributed by atoms with Crippen LogP contribution < -0.4 is 15.0 Å². The molecule has 1 heterocycles. The Morgan fingerprint density at radius 3 is 2.90 bits per heavy atom. The summed E-state index contributed by atoms with van der Waals surface area (Å²) < 4.78 is 5.17. The number of hydrogen-bond acceptors (Lipinski definition) is 5. The lowest BCUT2D eigenvalue weighted by Gasteiger charge is -2.19. The van der Waals surface area contributed by atoms with Gasteiger partial charge in [-0.1, -0.05) is 6.92 Å². The highest BCUT2D eigenvalue weighted by Gasteiger charge is 2.33. The van der Waals surface area contributed by atoms with E-state index < -0.39 is 4.92 Å². The number of hydrogen-bond donors (Lipinski definition) is 1. The molecule has 7 heteroatoms. The summed E-state index contributed by atoms with van der Waals surface area (Å²) in [6.07, 6.45) is 0.715. The summed E-state index contributed by atoms with van der Waals surface area (Å²) in [7, 11) is 1.44. The van der Waals surface area contributed by atoms with Crippen LogP contribution in [-0.4, -0.2) is 37.1 Å². The third-order valence-corrected chi connectivity index (χ3v) is 3.32. The molecule has 0 spiro atoms. The Kier molecular flexibility index (Phi) is 4.19. The van der Waals surface area contributed by atoms with Gasteiger partial charge < -0.3 is 15.0 Å². The lowest BCUT2D eigenvalue weighted by atomic mass is 10.2. The Labute approximate surface area is 116 Å². The van der Waals surface area contributed by atoms with Gasteiger partial charge >= 0.3 is 0 Å². The number of non-ortho nitro benzene ring substituents is 1. The zero-order chi connectivity index (χ0) is 14.7. The average molecular weight is 279 g/mol. The van der Waals surface area contributed by atoms with Gasteiger partial charge in [0.25, 0.3) is 5.69 Å². The second-order valence-corrected chi connectivity index (χ2v) is 4.50. The largest absolute Gasteiger partial charge is 0.494 e. The van der Waals surface area contributed by atoms with Gasteiger partial charge in [0.2, 0.25) is 5.91 Å². The molecule has 1 aliphatic heterocycles. The molecule has 1 fully saturated rings. The number of ether oxygens (including phenoxy) is 1. The van der Waals surface area contributed by atoms with E-state index >= 15 is 0 Å². The van der Waals surface area contributed by atoms with Gasteiger partial charge in [0, 0.05) is 12.6 Å². The van der Waals surface area contributed by atoms with Crippen molar-refractivity contribution in [2.24, 2.45) is 0 Å². The van der Waals surface area contributed by atoms with Crippen LogP contribution in [0.1, 0.15) is 13.3 Å². The highest BCUT2D eigenvalue weighted by Crippen LogP contribution is 2.34. The molecule has 1 unspecified atom stereocenters. The minimum absolute atomic E-state index is 0.0287. The fraction of sp³-hybridized carbons (Fsp3) is 0.462. The quantitative estimate of drug-likeness (QED) is 0.649. The number of carbonyl (C=O) groups excluding carboxylic acids is 1. The van der Waals surface area contributed by atoms with Crippen LogP contribution in [0.5, 0.6) is 5.75 Å². The van der Waals surface area contributed by atoms with Crippen LogP contribution in [-0.2, 0) is 4.79 Å². The van der Waals surface area contributed by atoms with Crippen molar-refractivity contribution in [1.82, 2.24) is 5.32 Å².